The van der Waals surface area contributed by atoms with Gasteiger partial charge in [-0.25, -0.2) is 4.98 Å². The van der Waals surface area contributed by atoms with E-state index < -0.39 is 0 Å². The van der Waals surface area contributed by atoms with E-state index in [2.05, 4.69) is 93.7 Å². The first kappa shape index (κ1) is 19.7. The summed E-state index contributed by atoms with van der Waals surface area (Å²) < 4.78 is 0. The van der Waals surface area contributed by atoms with Gasteiger partial charge in [0.05, 0.1) is 5.69 Å². The van der Waals surface area contributed by atoms with Crippen LogP contribution in [0.25, 0.3) is 44.2 Å². The van der Waals surface area contributed by atoms with E-state index in [0.29, 0.717) is 0 Å². The average molecular weight is 448 g/mol. The van der Waals surface area contributed by atoms with Crippen LogP contribution in [-0.4, -0.2) is 9.97 Å². The zero-order valence-electron chi connectivity index (χ0n) is 19.0. The Bertz CT molecular complexity index is 1620. The van der Waals surface area contributed by atoms with E-state index in [1.54, 1.807) is 0 Å². The van der Waals surface area contributed by atoms with Crippen LogP contribution in [-0.2, 0) is 0 Å². The fraction of sp³-hybridized carbons (Fsp3) is 0. The molecule has 1 aliphatic rings. The number of hydrogen-bond acceptors (Lipinski definition) is 3. The van der Waals surface area contributed by atoms with E-state index in [-0.39, 0.29) is 0 Å². The molecule has 4 aromatic carbocycles. The smallest absolute Gasteiger partial charge is 0.137 e. The second-order valence-electron chi connectivity index (χ2n) is 8.71. The van der Waals surface area contributed by atoms with Crippen LogP contribution in [0.1, 0.15) is 0 Å². The summed E-state index contributed by atoms with van der Waals surface area (Å²) >= 11 is 0. The average Bonchev–Trinajstić information content (AvgIpc) is 3.26. The van der Waals surface area contributed by atoms with Crippen molar-refractivity contribution in [3.8, 4) is 33.4 Å². The van der Waals surface area contributed by atoms with Crippen molar-refractivity contribution in [2.75, 3.05) is 4.90 Å². The summed E-state index contributed by atoms with van der Waals surface area (Å²) in [6.07, 6.45) is 5.46. The highest BCUT2D eigenvalue weighted by atomic mass is 15.2. The molecule has 7 rings (SSSR count). The highest BCUT2D eigenvalue weighted by molar-refractivity contribution is 6.18. The van der Waals surface area contributed by atoms with Crippen LogP contribution in [0.3, 0.4) is 0 Å². The number of fused-ring (bicyclic) bond motifs is 3. The molecule has 6 aromatic rings. The lowest BCUT2D eigenvalue weighted by Gasteiger charge is -2.24. The Labute approximate surface area is 204 Å². The van der Waals surface area contributed by atoms with Gasteiger partial charge in [0.2, 0.25) is 0 Å². The quantitative estimate of drug-likeness (QED) is 0.271. The SMILES string of the molecule is c1ccc(N(c2ccncc2)c2cccc(-c3ccc4c5c(cccc35)-c3ccccc3-4)c2)nc1. The topological polar surface area (TPSA) is 29.0 Å². The van der Waals surface area contributed by atoms with Crippen LogP contribution in [0.2, 0.25) is 0 Å². The lowest BCUT2D eigenvalue weighted by molar-refractivity contribution is 1.17. The molecule has 0 radical (unpaired) electrons. The maximum absolute atomic E-state index is 4.64. The predicted molar refractivity (Wildman–Crippen MR) is 144 cm³/mol. The minimum atomic E-state index is 0.867. The zero-order valence-corrected chi connectivity index (χ0v) is 19.0. The van der Waals surface area contributed by atoms with Crippen molar-refractivity contribution in [1.29, 1.82) is 0 Å². The van der Waals surface area contributed by atoms with Gasteiger partial charge < -0.3 is 0 Å². The van der Waals surface area contributed by atoms with Crippen molar-refractivity contribution in [2.24, 2.45) is 0 Å². The molecule has 2 heterocycles. The third-order valence-corrected chi connectivity index (χ3v) is 6.76. The Kier molecular flexibility index (Phi) is 4.46. The molecule has 0 amide bonds. The number of rotatable bonds is 4. The van der Waals surface area contributed by atoms with E-state index in [0.717, 1.165) is 17.2 Å². The Morgan fingerprint density at radius 2 is 1.20 bits per heavy atom. The molecule has 0 unspecified atom stereocenters. The van der Waals surface area contributed by atoms with Gasteiger partial charge >= 0.3 is 0 Å². The highest BCUT2D eigenvalue weighted by Crippen LogP contribution is 2.49. The lowest BCUT2D eigenvalue weighted by Crippen LogP contribution is -2.11. The maximum atomic E-state index is 4.64. The van der Waals surface area contributed by atoms with Crippen LogP contribution in [0.5, 0.6) is 0 Å². The minimum Gasteiger partial charge on any atom is -0.295 e. The number of hydrogen-bond donors (Lipinski definition) is 0. The van der Waals surface area contributed by atoms with Gasteiger partial charge in [0, 0.05) is 24.3 Å². The molecule has 1 aliphatic carbocycles. The van der Waals surface area contributed by atoms with Gasteiger partial charge in [0.25, 0.3) is 0 Å². The van der Waals surface area contributed by atoms with Crippen LogP contribution >= 0.6 is 0 Å². The molecule has 0 spiro atoms. The Morgan fingerprint density at radius 3 is 2.00 bits per heavy atom. The van der Waals surface area contributed by atoms with Crippen molar-refractivity contribution in [3.63, 3.8) is 0 Å². The molecule has 3 nitrogen and oxygen atoms in total. The van der Waals surface area contributed by atoms with E-state index in [9.17, 15) is 0 Å². The van der Waals surface area contributed by atoms with E-state index in [1.165, 1.54) is 44.2 Å². The molecule has 164 valence electrons. The number of aromatic nitrogens is 2. The van der Waals surface area contributed by atoms with Gasteiger partial charge in [0.15, 0.2) is 0 Å². The molecule has 2 aromatic heterocycles. The molecule has 3 heteroatoms. The van der Waals surface area contributed by atoms with Crippen molar-refractivity contribution in [2.45, 2.75) is 0 Å². The standard InChI is InChI=1S/C32H21N3/c1-2-10-27-26(9-1)29-12-6-11-28-25(14-15-30(27)32(28)29)22-7-5-8-24(21-22)35(23-16-19-33-20-17-23)31-13-3-4-18-34-31/h1-21H. The number of pyridine rings is 2. The van der Waals surface area contributed by atoms with Crippen LogP contribution in [0, 0.1) is 0 Å². The predicted octanol–water partition coefficient (Wildman–Crippen LogP) is 8.41. The highest BCUT2D eigenvalue weighted by Gasteiger charge is 2.22. The van der Waals surface area contributed by atoms with E-state index in [4.69, 9.17) is 0 Å². The van der Waals surface area contributed by atoms with Crippen molar-refractivity contribution in [3.05, 3.63) is 128 Å². The van der Waals surface area contributed by atoms with Gasteiger partial charge in [-0.05, 0) is 80.6 Å². The van der Waals surface area contributed by atoms with Gasteiger partial charge in [-0.2, -0.15) is 0 Å². The third kappa shape index (κ3) is 3.13. The molecule has 0 saturated heterocycles. The second-order valence-corrected chi connectivity index (χ2v) is 8.71. The van der Waals surface area contributed by atoms with Crippen LogP contribution in [0.4, 0.5) is 17.2 Å². The number of nitrogens with zero attached hydrogens (tertiary/aromatic N) is 3. The van der Waals surface area contributed by atoms with Crippen LogP contribution < -0.4 is 4.90 Å². The fourth-order valence-electron chi connectivity index (χ4n) is 5.27. The van der Waals surface area contributed by atoms with Crippen molar-refractivity contribution in [1.82, 2.24) is 9.97 Å². The third-order valence-electron chi connectivity index (χ3n) is 6.76. The first-order chi connectivity index (χ1) is 17.4. The fourth-order valence-corrected chi connectivity index (χ4v) is 5.27. The van der Waals surface area contributed by atoms with Crippen molar-refractivity contribution >= 4 is 28.0 Å². The Hall–Kier alpha value is -4.76. The monoisotopic (exact) mass is 447 g/mol. The first-order valence-electron chi connectivity index (χ1n) is 11.8. The largest absolute Gasteiger partial charge is 0.295 e. The second kappa shape index (κ2) is 7.93. The molecule has 35 heavy (non-hydrogen) atoms. The molecular formula is C32H21N3. The number of anilines is 3. The minimum absolute atomic E-state index is 0.867. The van der Waals surface area contributed by atoms with E-state index in [1.807, 2.05) is 48.9 Å². The Balaban J connectivity index is 1.41. The summed E-state index contributed by atoms with van der Waals surface area (Å²) in [6.45, 7) is 0. The lowest BCUT2D eigenvalue weighted by atomic mass is 9.94. The molecule has 0 N–H and O–H groups in total. The van der Waals surface area contributed by atoms with E-state index >= 15 is 0 Å². The summed E-state index contributed by atoms with van der Waals surface area (Å²) in [6, 6.07) is 38.6. The number of benzene rings is 4. The van der Waals surface area contributed by atoms with Gasteiger partial charge in [-0.3, -0.25) is 9.88 Å². The summed E-state index contributed by atoms with van der Waals surface area (Å²) in [5.41, 5.74) is 9.76. The van der Waals surface area contributed by atoms with Gasteiger partial charge in [0.1, 0.15) is 5.82 Å². The molecular weight excluding hydrogens is 426 g/mol. The van der Waals surface area contributed by atoms with Gasteiger partial charge in [-0.15, -0.1) is 0 Å². The van der Waals surface area contributed by atoms with Crippen LogP contribution in [0.15, 0.2) is 128 Å². The molecule has 0 atom stereocenters. The molecule has 0 bridgehead atoms. The molecule has 0 aliphatic heterocycles. The van der Waals surface area contributed by atoms with Gasteiger partial charge in [-0.1, -0.05) is 72.8 Å². The summed E-state index contributed by atoms with van der Waals surface area (Å²) in [4.78, 5) is 11.0. The molecule has 0 saturated carbocycles. The first-order valence-corrected chi connectivity index (χ1v) is 11.8. The maximum Gasteiger partial charge on any atom is 0.137 e. The van der Waals surface area contributed by atoms with Crippen molar-refractivity contribution < 1.29 is 0 Å². The zero-order chi connectivity index (χ0) is 23.2. The normalized spacial score (nSPS) is 11.4. The summed E-state index contributed by atoms with van der Waals surface area (Å²) in [5.74, 6) is 0.867. The summed E-state index contributed by atoms with van der Waals surface area (Å²) in [5, 5.41) is 2.62. The molecule has 0 fully saturated rings. The summed E-state index contributed by atoms with van der Waals surface area (Å²) in [7, 11) is 0. The Morgan fingerprint density at radius 1 is 0.486 bits per heavy atom.